The molecule has 0 atom stereocenters. The van der Waals surface area contributed by atoms with Gasteiger partial charge in [-0.2, -0.15) is 0 Å². The maximum atomic E-state index is 12.3. The van der Waals surface area contributed by atoms with Crippen LogP contribution in [0.2, 0.25) is 0 Å². The third-order valence-electron chi connectivity index (χ3n) is 4.21. The lowest BCUT2D eigenvalue weighted by Crippen LogP contribution is -2.27. The number of nitro benzene ring substituents is 1. The summed E-state index contributed by atoms with van der Waals surface area (Å²) in [6.07, 6.45) is 2.55. The lowest BCUT2D eigenvalue weighted by molar-refractivity contribution is -0.385. The Bertz CT molecular complexity index is 793. The Kier molecular flexibility index (Phi) is 4.37. The summed E-state index contributed by atoms with van der Waals surface area (Å²) in [4.78, 5) is 35.5. The van der Waals surface area contributed by atoms with E-state index in [1.165, 1.54) is 12.1 Å². The number of hydrogen-bond donors (Lipinski definition) is 0. The molecule has 0 radical (unpaired) electrons. The maximum Gasteiger partial charge on any atom is 0.280 e. The summed E-state index contributed by atoms with van der Waals surface area (Å²) >= 11 is 0. The number of carbonyl (C=O) groups is 2. The molecule has 6 nitrogen and oxygen atoms in total. The zero-order valence-corrected chi connectivity index (χ0v) is 13.0. The molecule has 2 aromatic carbocycles. The summed E-state index contributed by atoms with van der Waals surface area (Å²) in [6, 6.07) is 11.5. The van der Waals surface area contributed by atoms with Crippen LogP contribution in [0.1, 0.15) is 33.6 Å². The van der Waals surface area contributed by atoms with Crippen LogP contribution in [0.5, 0.6) is 0 Å². The Morgan fingerprint density at radius 1 is 1.04 bits per heavy atom. The Labute approximate surface area is 138 Å². The van der Waals surface area contributed by atoms with Crippen LogP contribution >= 0.6 is 0 Å². The largest absolute Gasteiger partial charge is 0.339 e. The van der Waals surface area contributed by atoms with E-state index in [9.17, 15) is 19.7 Å². The first kappa shape index (κ1) is 15.9. The van der Waals surface area contributed by atoms with Gasteiger partial charge in [0.25, 0.3) is 11.6 Å². The summed E-state index contributed by atoms with van der Waals surface area (Å²) in [7, 11) is 0. The predicted octanol–water partition coefficient (Wildman–Crippen LogP) is 3.31. The van der Waals surface area contributed by atoms with Crippen molar-refractivity contribution in [2.24, 2.45) is 0 Å². The van der Waals surface area contributed by atoms with Crippen molar-refractivity contribution in [1.82, 2.24) is 4.90 Å². The average Bonchev–Trinajstić information content (AvgIpc) is 3.15. The van der Waals surface area contributed by atoms with Gasteiger partial charge in [0.15, 0.2) is 6.29 Å². The number of aldehydes is 1. The fraction of sp³-hybridized carbons (Fsp3) is 0.222. The van der Waals surface area contributed by atoms with Crippen molar-refractivity contribution in [2.75, 3.05) is 13.1 Å². The molecule has 0 bridgehead atoms. The number of likely N-dealkylation sites (tertiary alicyclic amines) is 1. The van der Waals surface area contributed by atoms with Crippen LogP contribution in [0.25, 0.3) is 11.1 Å². The minimum Gasteiger partial charge on any atom is -0.339 e. The van der Waals surface area contributed by atoms with E-state index in [-0.39, 0.29) is 17.2 Å². The number of nitro groups is 1. The van der Waals surface area contributed by atoms with Gasteiger partial charge >= 0.3 is 0 Å². The third-order valence-corrected chi connectivity index (χ3v) is 4.21. The van der Waals surface area contributed by atoms with Crippen molar-refractivity contribution in [3.05, 3.63) is 63.7 Å². The molecule has 2 aromatic rings. The molecule has 0 aliphatic carbocycles. The summed E-state index contributed by atoms with van der Waals surface area (Å²) < 4.78 is 0. The molecule has 1 amide bonds. The molecule has 0 saturated carbocycles. The number of benzene rings is 2. The fourth-order valence-corrected chi connectivity index (χ4v) is 2.89. The van der Waals surface area contributed by atoms with E-state index in [0.29, 0.717) is 17.4 Å². The van der Waals surface area contributed by atoms with E-state index >= 15 is 0 Å². The molecule has 6 heteroatoms. The van der Waals surface area contributed by atoms with Gasteiger partial charge in [-0.1, -0.05) is 18.2 Å². The van der Waals surface area contributed by atoms with E-state index in [1.807, 2.05) is 4.90 Å². The fourth-order valence-electron chi connectivity index (χ4n) is 2.89. The van der Waals surface area contributed by atoms with Crippen LogP contribution in [0.15, 0.2) is 42.5 Å². The van der Waals surface area contributed by atoms with Gasteiger partial charge in [-0.3, -0.25) is 19.7 Å². The Morgan fingerprint density at radius 3 is 2.25 bits per heavy atom. The van der Waals surface area contributed by atoms with E-state index < -0.39 is 4.92 Å². The minimum absolute atomic E-state index is 0.0151. The molecule has 1 aliphatic rings. The second-order valence-electron chi connectivity index (χ2n) is 5.73. The van der Waals surface area contributed by atoms with Gasteiger partial charge in [-0.05, 0) is 42.2 Å². The molecule has 24 heavy (non-hydrogen) atoms. The topological polar surface area (TPSA) is 80.5 Å². The molecule has 0 unspecified atom stereocenters. The molecule has 0 aromatic heterocycles. The summed E-state index contributed by atoms with van der Waals surface area (Å²) in [5, 5.41) is 11.1. The van der Waals surface area contributed by atoms with Gasteiger partial charge in [0.1, 0.15) is 0 Å². The summed E-state index contributed by atoms with van der Waals surface area (Å²) in [6.45, 7) is 1.58. The van der Waals surface area contributed by atoms with Gasteiger partial charge in [0, 0.05) is 24.7 Å². The number of amides is 1. The van der Waals surface area contributed by atoms with Crippen LogP contribution in [0, 0.1) is 10.1 Å². The molecule has 0 N–H and O–H groups in total. The molecular weight excluding hydrogens is 308 g/mol. The van der Waals surface area contributed by atoms with Gasteiger partial charge in [-0.25, -0.2) is 0 Å². The molecule has 0 spiro atoms. The molecular formula is C18H16N2O4. The summed E-state index contributed by atoms with van der Waals surface area (Å²) in [5.74, 6) is 0.0151. The molecule has 1 saturated heterocycles. The Hall–Kier alpha value is -3.02. The lowest BCUT2D eigenvalue weighted by Gasteiger charge is -2.15. The van der Waals surface area contributed by atoms with E-state index in [0.717, 1.165) is 31.5 Å². The molecule has 1 heterocycles. The highest BCUT2D eigenvalue weighted by Crippen LogP contribution is 2.27. The summed E-state index contributed by atoms with van der Waals surface area (Å²) in [5.41, 5.74) is 1.82. The second kappa shape index (κ2) is 6.62. The first-order valence-corrected chi connectivity index (χ1v) is 7.73. The first-order chi connectivity index (χ1) is 11.6. The normalized spacial score (nSPS) is 13.8. The van der Waals surface area contributed by atoms with E-state index in [4.69, 9.17) is 0 Å². The monoisotopic (exact) mass is 324 g/mol. The maximum absolute atomic E-state index is 12.3. The second-order valence-corrected chi connectivity index (χ2v) is 5.73. The number of nitrogens with zero attached hydrogens (tertiary/aromatic N) is 2. The van der Waals surface area contributed by atoms with Crippen LogP contribution < -0.4 is 0 Å². The molecule has 1 aliphatic heterocycles. The van der Waals surface area contributed by atoms with Crippen molar-refractivity contribution in [1.29, 1.82) is 0 Å². The van der Waals surface area contributed by atoms with Crippen molar-refractivity contribution in [3.8, 4) is 11.1 Å². The van der Waals surface area contributed by atoms with Crippen molar-refractivity contribution in [2.45, 2.75) is 12.8 Å². The highest BCUT2D eigenvalue weighted by molar-refractivity contribution is 5.95. The van der Waals surface area contributed by atoms with Gasteiger partial charge in [0.2, 0.25) is 0 Å². The zero-order valence-electron chi connectivity index (χ0n) is 13.0. The lowest BCUT2D eigenvalue weighted by atomic mass is 10.0. The van der Waals surface area contributed by atoms with Crippen LogP contribution in [0.4, 0.5) is 5.69 Å². The van der Waals surface area contributed by atoms with Crippen molar-refractivity contribution < 1.29 is 14.5 Å². The Morgan fingerprint density at radius 2 is 1.67 bits per heavy atom. The van der Waals surface area contributed by atoms with Crippen LogP contribution in [0.3, 0.4) is 0 Å². The van der Waals surface area contributed by atoms with E-state index in [1.54, 1.807) is 30.3 Å². The van der Waals surface area contributed by atoms with E-state index in [2.05, 4.69) is 0 Å². The smallest absolute Gasteiger partial charge is 0.280 e. The number of carbonyl (C=O) groups excluding carboxylic acids is 2. The molecule has 1 fully saturated rings. The SMILES string of the molecule is O=Cc1ccc(-c2ccc(C(=O)N3CCCC3)cc2)cc1[N+](=O)[O-]. The van der Waals surface area contributed by atoms with Crippen molar-refractivity contribution in [3.63, 3.8) is 0 Å². The third kappa shape index (κ3) is 3.03. The van der Waals surface area contributed by atoms with Gasteiger partial charge in [-0.15, -0.1) is 0 Å². The first-order valence-electron chi connectivity index (χ1n) is 7.73. The van der Waals surface area contributed by atoms with Crippen LogP contribution in [-0.4, -0.2) is 35.1 Å². The highest BCUT2D eigenvalue weighted by Gasteiger charge is 2.19. The van der Waals surface area contributed by atoms with Gasteiger partial charge in [0.05, 0.1) is 10.5 Å². The molecule has 3 rings (SSSR count). The number of hydrogen-bond acceptors (Lipinski definition) is 4. The minimum atomic E-state index is -0.571. The van der Waals surface area contributed by atoms with Crippen molar-refractivity contribution >= 4 is 17.9 Å². The molecule has 122 valence electrons. The predicted molar refractivity (Wildman–Crippen MR) is 89.1 cm³/mol. The zero-order chi connectivity index (χ0) is 17.1. The standard InChI is InChI=1S/C18H16N2O4/c21-12-16-8-7-15(11-17(16)20(23)24)13-3-5-14(6-4-13)18(22)19-9-1-2-10-19/h3-8,11-12H,1-2,9-10H2. The quantitative estimate of drug-likeness (QED) is 0.491. The Balaban J connectivity index is 1.88. The van der Waals surface area contributed by atoms with Crippen LogP contribution in [-0.2, 0) is 0 Å². The highest BCUT2D eigenvalue weighted by atomic mass is 16.6. The average molecular weight is 324 g/mol. The number of rotatable bonds is 4. The van der Waals surface area contributed by atoms with Gasteiger partial charge < -0.3 is 4.90 Å².